The summed E-state index contributed by atoms with van der Waals surface area (Å²) >= 11 is 12.7. The van der Waals surface area contributed by atoms with E-state index < -0.39 is 11.2 Å². The van der Waals surface area contributed by atoms with Crippen LogP contribution in [0, 0.1) is 11.8 Å². The summed E-state index contributed by atoms with van der Waals surface area (Å²) in [5.74, 6) is 0.834. The summed E-state index contributed by atoms with van der Waals surface area (Å²) in [5, 5.41) is 1.38. The number of rotatable bonds is 7. The second kappa shape index (κ2) is 21.0. The number of carbonyl (C=O) groups excluding carboxylic acids is 3. The summed E-state index contributed by atoms with van der Waals surface area (Å²) in [5.41, 5.74) is 9.72. The van der Waals surface area contributed by atoms with Crippen LogP contribution in [0.2, 0.25) is 10.0 Å². The molecule has 0 radical (unpaired) electrons. The van der Waals surface area contributed by atoms with Crippen molar-refractivity contribution in [2.24, 2.45) is 11.8 Å². The number of fused-ring (bicyclic) bond motifs is 4. The van der Waals surface area contributed by atoms with Gasteiger partial charge in [-0.15, -0.1) is 0 Å². The van der Waals surface area contributed by atoms with E-state index in [1.165, 1.54) is 11.1 Å². The molecule has 2 aromatic heterocycles. The van der Waals surface area contributed by atoms with Gasteiger partial charge in [-0.3, -0.25) is 9.97 Å². The van der Waals surface area contributed by atoms with Crippen LogP contribution in [0.1, 0.15) is 137 Å². The number of benzene rings is 2. The number of aldehydes is 1. The maximum absolute atomic E-state index is 12.6. The topological polar surface area (TPSA) is 111 Å². The maximum Gasteiger partial charge on any atom is 0.410 e. The number of halogens is 2. The fraction of sp³-hybridized carbons (Fsp3) is 0.426. The summed E-state index contributed by atoms with van der Waals surface area (Å²) in [4.78, 5) is 49.9. The van der Waals surface area contributed by atoms with Gasteiger partial charge in [0.15, 0.2) is 0 Å². The number of aromatic nitrogens is 2. The van der Waals surface area contributed by atoms with E-state index in [4.69, 9.17) is 47.4 Å². The van der Waals surface area contributed by atoms with Crippen molar-refractivity contribution < 1.29 is 28.6 Å². The van der Waals surface area contributed by atoms with Gasteiger partial charge in [-0.1, -0.05) is 53.5 Å². The minimum absolute atomic E-state index is 0.0691. The molecule has 2 aliphatic carbocycles. The summed E-state index contributed by atoms with van der Waals surface area (Å²) < 4.78 is 16.7. The van der Waals surface area contributed by atoms with Gasteiger partial charge in [0.25, 0.3) is 0 Å². The van der Waals surface area contributed by atoms with Gasteiger partial charge in [0.05, 0.1) is 24.3 Å². The predicted molar refractivity (Wildman–Crippen MR) is 263 cm³/mol. The SMILES string of the molecule is CC(C)(C)OC(=O)N1CCC(C2c3ccc(Cl)cc3C=C(CC=O)c3cccnc32)CC1.CCO/C=C\C1=Cc2cc(Cl)ccc2C(C2CCN(C(=O)OC(C)(C)C)CC2)c2ncccc21. The first kappa shape index (κ1) is 48.5. The van der Waals surface area contributed by atoms with E-state index in [1.807, 2.05) is 114 Å². The molecule has 2 amide bonds. The number of hydrogen-bond acceptors (Lipinski definition) is 8. The highest BCUT2D eigenvalue weighted by atomic mass is 35.5. The predicted octanol–water partition coefficient (Wildman–Crippen LogP) is 12.9. The first-order valence-electron chi connectivity index (χ1n) is 23.1. The van der Waals surface area contributed by atoms with Crippen LogP contribution in [0.15, 0.2) is 85.4 Å². The average molecular weight is 934 g/mol. The van der Waals surface area contributed by atoms with Gasteiger partial charge in [0, 0.05) is 78.0 Å². The van der Waals surface area contributed by atoms with E-state index in [0.29, 0.717) is 61.1 Å². The zero-order chi connectivity index (χ0) is 47.2. The lowest BCUT2D eigenvalue weighted by atomic mass is 9.76. The van der Waals surface area contributed by atoms with Crippen molar-refractivity contribution in [3.63, 3.8) is 0 Å². The molecule has 2 saturated heterocycles. The summed E-state index contributed by atoms with van der Waals surface area (Å²) in [6.07, 6.45) is 15.9. The van der Waals surface area contributed by atoms with Crippen molar-refractivity contribution in [3.8, 4) is 0 Å². The molecule has 66 heavy (non-hydrogen) atoms. The van der Waals surface area contributed by atoms with Gasteiger partial charge in [-0.05, 0) is 168 Å². The number of nitrogens with zero attached hydrogens (tertiary/aromatic N) is 4. The standard InChI is InChI=1S/C28H33ClN2O3.C26H29ClN2O3/c1-5-33-16-12-20-17-21-18-22(29)8-9-23(21)25(26-24(20)7-6-13-30-26)19-10-14-31(15-11-19)27(32)34-28(2,3)4;1-26(2,3)32-25(31)29-12-8-17(9-13-29)23-21-7-6-20(27)16-19(21)15-18(10-14-30)22-5-4-11-28-24(22)23/h6-9,12-13,16-19,25H,5,10-11,14-15H2,1-4H3;4-7,11,14-17,23H,8-10,12-13H2,1-3H3/b16-12-;. The third kappa shape index (κ3) is 11.7. The highest BCUT2D eigenvalue weighted by Crippen LogP contribution is 2.47. The lowest BCUT2D eigenvalue weighted by Crippen LogP contribution is -2.42. The van der Waals surface area contributed by atoms with E-state index >= 15 is 0 Å². The summed E-state index contributed by atoms with van der Waals surface area (Å²) in [6.45, 7) is 16.6. The van der Waals surface area contributed by atoms with E-state index in [0.717, 1.165) is 76.8 Å². The summed E-state index contributed by atoms with van der Waals surface area (Å²) in [7, 11) is 0. The first-order valence-corrected chi connectivity index (χ1v) is 23.9. The van der Waals surface area contributed by atoms with Gasteiger partial charge in [0.1, 0.15) is 17.5 Å². The molecule has 4 aromatic rings. The fourth-order valence-corrected chi connectivity index (χ4v) is 9.97. The van der Waals surface area contributed by atoms with Crippen molar-refractivity contribution in [1.82, 2.24) is 19.8 Å². The minimum Gasteiger partial charge on any atom is -0.501 e. The van der Waals surface area contributed by atoms with Crippen molar-refractivity contribution in [2.45, 2.75) is 104 Å². The second-order valence-corrected chi connectivity index (χ2v) is 20.3. The molecule has 0 saturated carbocycles. The molecule has 2 atom stereocenters. The van der Waals surface area contributed by atoms with Crippen molar-refractivity contribution in [1.29, 1.82) is 0 Å². The molecule has 4 heterocycles. The Morgan fingerprint density at radius 3 is 1.64 bits per heavy atom. The monoisotopic (exact) mass is 932 g/mol. The number of pyridine rings is 2. The van der Waals surface area contributed by atoms with Gasteiger partial charge >= 0.3 is 12.2 Å². The highest BCUT2D eigenvalue weighted by molar-refractivity contribution is 6.31. The molecule has 12 heteroatoms. The maximum atomic E-state index is 12.6. The van der Waals surface area contributed by atoms with Crippen LogP contribution in [-0.4, -0.2) is 82.2 Å². The van der Waals surface area contributed by atoms with Crippen LogP contribution >= 0.6 is 23.2 Å². The molecule has 8 rings (SSSR count). The van der Waals surface area contributed by atoms with Crippen LogP contribution in [-0.2, 0) is 19.0 Å². The molecular weight excluding hydrogens is 872 g/mol. The van der Waals surface area contributed by atoms with Crippen LogP contribution < -0.4 is 0 Å². The molecule has 4 aliphatic rings. The average Bonchev–Trinajstić information content (AvgIpc) is 3.49. The number of likely N-dealkylation sites (tertiary alicyclic amines) is 2. The van der Waals surface area contributed by atoms with Gasteiger partial charge in [-0.2, -0.15) is 0 Å². The number of piperidine rings is 2. The van der Waals surface area contributed by atoms with Gasteiger partial charge in [-0.25, -0.2) is 9.59 Å². The normalized spacial score (nSPS) is 18.7. The van der Waals surface area contributed by atoms with Gasteiger partial charge < -0.3 is 28.8 Å². The number of ether oxygens (including phenoxy) is 3. The number of allylic oxidation sites excluding steroid dienone is 3. The van der Waals surface area contributed by atoms with Crippen molar-refractivity contribution in [2.75, 3.05) is 32.8 Å². The van der Waals surface area contributed by atoms with Crippen LogP contribution in [0.25, 0.3) is 23.3 Å². The summed E-state index contributed by atoms with van der Waals surface area (Å²) in [6, 6.07) is 20.2. The largest absolute Gasteiger partial charge is 0.501 e. The van der Waals surface area contributed by atoms with Crippen molar-refractivity contribution in [3.05, 3.63) is 140 Å². The van der Waals surface area contributed by atoms with E-state index in [1.54, 1.807) is 11.2 Å². The second-order valence-electron chi connectivity index (χ2n) is 19.4. The Bertz CT molecular complexity index is 2490. The van der Waals surface area contributed by atoms with Crippen molar-refractivity contribution >= 4 is 65.0 Å². The highest BCUT2D eigenvalue weighted by Gasteiger charge is 2.38. The lowest BCUT2D eigenvalue weighted by molar-refractivity contribution is -0.107. The Balaban J connectivity index is 0.000000197. The molecular formula is C54H62Cl2N4O6. The van der Waals surface area contributed by atoms with Crippen LogP contribution in [0.5, 0.6) is 0 Å². The zero-order valence-electron chi connectivity index (χ0n) is 39.2. The molecule has 0 N–H and O–H groups in total. The first-order chi connectivity index (χ1) is 31.5. The molecule has 2 aromatic carbocycles. The third-order valence-corrected chi connectivity index (χ3v) is 12.9. The lowest BCUT2D eigenvalue weighted by Gasteiger charge is -2.37. The molecule has 0 bridgehead atoms. The van der Waals surface area contributed by atoms with Crippen LogP contribution in [0.3, 0.4) is 0 Å². The Labute approximate surface area is 400 Å². The third-order valence-electron chi connectivity index (χ3n) is 12.5. The zero-order valence-corrected chi connectivity index (χ0v) is 40.7. The molecule has 2 aliphatic heterocycles. The quantitative estimate of drug-likeness (QED) is 0.133. The molecule has 2 fully saturated rings. The molecule has 2 unspecified atom stereocenters. The minimum atomic E-state index is -0.503. The Hall–Kier alpha value is -5.45. The Morgan fingerprint density at radius 2 is 1.17 bits per heavy atom. The molecule has 348 valence electrons. The smallest absolute Gasteiger partial charge is 0.410 e. The fourth-order valence-electron chi connectivity index (χ4n) is 9.61. The number of amides is 2. The Morgan fingerprint density at radius 1 is 0.697 bits per heavy atom. The molecule has 0 spiro atoms. The van der Waals surface area contributed by atoms with E-state index in [9.17, 15) is 14.4 Å². The van der Waals surface area contributed by atoms with Gasteiger partial charge in [0.2, 0.25) is 0 Å². The molecule has 10 nitrogen and oxygen atoms in total. The van der Waals surface area contributed by atoms with E-state index in [-0.39, 0.29) is 24.0 Å². The Kier molecular flexibility index (Phi) is 15.4. The van der Waals surface area contributed by atoms with Crippen LogP contribution in [0.4, 0.5) is 9.59 Å². The number of hydrogen-bond donors (Lipinski definition) is 0. The number of carbonyl (C=O) groups is 3. The van der Waals surface area contributed by atoms with E-state index in [2.05, 4.69) is 30.4 Å².